The van der Waals surface area contributed by atoms with Gasteiger partial charge in [-0.25, -0.2) is 8.78 Å². The third-order valence-corrected chi connectivity index (χ3v) is 5.00. The molecule has 0 heterocycles. The highest BCUT2D eigenvalue weighted by Crippen LogP contribution is 2.44. The Balaban J connectivity index is 2.42. The number of rotatable bonds is 4. The quantitative estimate of drug-likeness (QED) is 0.910. The molecule has 1 aromatic carbocycles. The van der Waals surface area contributed by atoms with Crippen LogP contribution in [0.4, 0.5) is 8.78 Å². The highest BCUT2D eigenvalue weighted by Gasteiger charge is 2.43. The molecule has 1 fully saturated rings. The second kappa shape index (κ2) is 6.41. The fourth-order valence-corrected chi connectivity index (χ4v) is 3.93. The summed E-state index contributed by atoms with van der Waals surface area (Å²) >= 11 is 0. The first kappa shape index (κ1) is 16.4. The first-order valence-electron chi connectivity index (χ1n) is 7.70. The van der Waals surface area contributed by atoms with Crippen LogP contribution in [0.1, 0.15) is 44.2 Å². The molecule has 1 aliphatic rings. The van der Waals surface area contributed by atoms with Gasteiger partial charge < -0.3 is 10.2 Å². The van der Waals surface area contributed by atoms with Crippen LogP contribution in [0.25, 0.3) is 0 Å². The van der Waals surface area contributed by atoms with Crippen molar-refractivity contribution in [2.75, 3.05) is 21.1 Å². The van der Waals surface area contributed by atoms with Crippen molar-refractivity contribution < 1.29 is 8.78 Å². The van der Waals surface area contributed by atoms with E-state index in [2.05, 4.69) is 31.2 Å². The Hall–Kier alpha value is -1.00. The van der Waals surface area contributed by atoms with Crippen molar-refractivity contribution in [1.82, 2.24) is 10.2 Å². The summed E-state index contributed by atoms with van der Waals surface area (Å²) in [5.41, 5.74) is 0.760. The van der Waals surface area contributed by atoms with E-state index in [9.17, 15) is 8.78 Å². The molecule has 1 aromatic rings. The SMILES string of the molecule is CNC(c1ccc(F)c(F)c1)C1(N(C)C)CCCC(C)C1. The highest BCUT2D eigenvalue weighted by molar-refractivity contribution is 5.25. The smallest absolute Gasteiger partial charge is 0.159 e. The molecular weight excluding hydrogens is 270 g/mol. The number of nitrogens with zero attached hydrogens (tertiary/aromatic N) is 1. The zero-order valence-corrected chi connectivity index (χ0v) is 13.4. The average Bonchev–Trinajstić information content (AvgIpc) is 2.43. The molecule has 2 rings (SSSR count). The van der Waals surface area contributed by atoms with Crippen molar-refractivity contribution in [3.8, 4) is 0 Å². The monoisotopic (exact) mass is 296 g/mol. The predicted octanol–water partition coefficient (Wildman–Crippen LogP) is 3.74. The lowest BCUT2D eigenvalue weighted by Crippen LogP contribution is -2.55. The van der Waals surface area contributed by atoms with Crippen LogP contribution in [0.15, 0.2) is 18.2 Å². The summed E-state index contributed by atoms with van der Waals surface area (Å²) in [7, 11) is 6.07. The topological polar surface area (TPSA) is 15.3 Å². The summed E-state index contributed by atoms with van der Waals surface area (Å²) in [6.07, 6.45) is 4.53. The zero-order chi connectivity index (χ0) is 15.6. The van der Waals surface area contributed by atoms with E-state index in [1.54, 1.807) is 6.07 Å². The minimum atomic E-state index is -0.787. The molecule has 0 aromatic heterocycles. The minimum Gasteiger partial charge on any atom is -0.311 e. The third kappa shape index (κ3) is 3.11. The number of hydrogen-bond acceptors (Lipinski definition) is 2. The van der Waals surface area contributed by atoms with E-state index in [0.29, 0.717) is 5.92 Å². The Morgan fingerprint density at radius 2 is 2.00 bits per heavy atom. The molecular formula is C17H26F2N2. The van der Waals surface area contributed by atoms with Crippen LogP contribution in [0, 0.1) is 17.6 Å². The van der Waals surface area contributed by atoms with Gasteiger partial charge in [-0.15, -0.1) is 0 Å². The molecule has 0 aliphatic heterocycles. The van der Waals surface area contributed by atoms with Gasteiger partial charge in [0, 0.05) is 5.54 Å². The second-order valence-electron chi connectivity index (χ2n) is 6.59. The van der Waals surface area contributed by atoms with Crippen LogP contribution in [-0.4, -0.2) is 31.6 Å². The largest absolute Gasteiger partial charge is 0.311 e. The predicted molar refractivity (Wildman–Crippen MR) is 82.2 cm³/mol. The molecule has 2 nitrogen and oxygen atoms in total. The molecule has 0 saturated heterocycles. The molecule has 118 valence electrons. The fourth-order valence-electron chi connectivity index (χ4n) is 3.93. The van der Waals surface area contributed by atoms with Crippen LogP contribution in [0.2, 0.25) is 0 Å². The molecule has 21 heavy (non-hydrogen) atoms. The van der Waals surface area contributed by atoms with Crippen molar-refractivity contribution in [3.63, 3.8) is 0 Å². The Morgan fingerprint density at radius 1 is 1.29 bits per heavy atom. The Labute approximate surface area is 126 Å². The van der Waals surface area contributed by atoms with Crippen LogP contribution in [0.5, 0.6) is 0 Å². The lowest BCUT2D eigenvalue weighted by atomic mass is 9.69. The summed E-state index contributed by atoms with van der Waals surface area (Å²) in [6.45, 7) is 2.27. The van der Waals surface area contributed by atoms with Crippen LogP contribution in [0.3, 0.4) is 0 Å². The van der Waals surface area contributed by atoms with Crippen LogP contribution in [-0.2, 0) is 0 Å². The van der Waals surface area contributed by atoms with Crippen LogP contribution < -0.4 is 5.32 Å². The summed E-state index contributed by atoms with van der Waals surface area (Å²) in [5, 5.41) is 3.35. The Bertz CT molecular complexity index is 490. The first-order valence-corrected chi connectivity index (χ1v) is 7.70. The Morgan fingerprint density at radius 3 is 2.52 bits per heavy atom. The van der Waals surface area contributed by atoms with Crippen molar-refractivity contribution >= 4 is 0 Å². The van der Waals surface area contributed by atoms with E-state index in [-0.39, 0.29) is 11.6 Å². The molecule has 3 atom stereocenters. The van der Waals surface area contributed by atoms with Gasteiger partial charge in [-0.1, -0.05) is 25.8 Å². The normalized spacial score (nSPS) is 27.9. The van der Waals surface area contributed by atoms with E-state index >= 15 is 0 Å². The number of nitrogens with one attached hydrogen (secondary N) is 1. The lowest BCUT2D eigenvalue weighted by Gasteiger charge is -2.50. The van der Waals surface area contributed by atoms with Crippen molar-refractivity contribution in [2.45, 2.75) is 44.2 Å². The zero-order valence-electron chi connectivity index (χ0n) is 13.4. The molecule has 1 saturated carbocycles. The maximum atomic E-state index is 13.6. The van der Waals surface area contributed by atoms with E-state index in [1.165, 1.54) is 25.0 Å². The van der Waals surface area contributed by atoms with Crippen molar-refractivity contribution in [1.29, 1.82) is 0 Å². The van der Waals surface area contributed by atoms with Gasteiger partial charge in [0.2, 0.25) is 0 Å². The van der Waals surface area contributed by atoms with Gasteiger partial charge in [0.25, 0.3) is 0 Å². The number of benzene rings is 1. The summed E-state index contributed by atoms with van der Waals surface area (Å²) in [6, 6.07) is 4.25. The molecule has 1 N–H and O–H groups in total. The van der Waals surface area contributed by atoms with Crippen molar-refractivity contribution in [3.05, 3.63) is 35.4 Å². The first-order chi connectivity index (χ1) is 9.90. The standard InChI is InChI=1S/C17H26F2N2/c1-12-6-5-9-17(11-12,21(3)4)16(20-2)13-7-8-14(18)15(19)10-13/h7-8,10,12,16,20H,5-6,9,11H2,1-4H3. The van der Waals surface area contributed by atoms with Gasteiger partial charge in [0.1, 0.15) is 0 Å². The maximum absolute atomic E-state index is 13.6. The van der Waals surface area contributed by atoms with Gasteiger partial charge in [0.15, 0.2) is 11.6 Å². The van der Waals surface area contributed by atoms with Crippen LogP contribution >= 0.6 is 0 Å². The van der Waals surface area contributed by atoms with E-state index in [1.807, 2.05) is 7.05 Å². The van der Waals surface area contributed by atoms with E-state index in [0.717, 1.165) is 18.4 Å². The summed E-state index contributed by atoms with van der Waals surface area (Å²) < 4.78 is 26.8. The molecule has 3 unspecified atom stereocenters. The maximum Gasteiger partial charge on any atom is 0.159 e. The molecule has 0 spiro atoms. The van der Waals surface area contributed by atoms with Gasteiger partial charge in [-0.05, 0) is 57.6 Å². The van der Waals surface area contributed by atoms with Gasteiger partial charge in [0.05, 0.1) is 6.04 Å². The van der Waals surface area contributed by atoms with E-state index < -0.39 is 11.6 Å². The fraction of sp³-hybridized carbons (Fsp3) is 0.647. The molecule has 1 aliphatic carbocycles. The number of hydrogen-bond donors (Lipinski definition) is 1. The molecule has 0 radical (unpaired) electrons. The summed E-state index contributed by atoms with van der Waals surface area (Å²) in [4.78, 5) is 2.26. The third-order valence-electron chi connectivity index (χ3n) is 5.00. The average molecular weight is 296 g/mol. The minimum absolute atomic E-state index is 0.00894. The van der Waals surface area contributed by atoms with E-state index in [4.69, 9.17) is 0 Å². The molecule has 0 amide bonds. The molecule has 4 heteroatoms. The molecule has 0 bridgehead atoms. The Kier molecular flexibility index (Phi) is 4.99. The summed E-state index contributed by atoms with van der Waals surface area (Å²) in [5.74, 6) is -0.919. The number of likely N-dealkylation sites (N-methyl/N-ethyl adjacent to an activating group) is 2. The lowest BCUT2D eigenvalue weighted by molar-refractivity contribution is 0.0392. The van der Waals surface area contributed by atoms with Crippen molar-refractivity contribution in [2.24, 2.45) is 5.92 Å². The van der Waals surface area contributed by atoms with Gasteiger partial charge in [-0.3, -0.25) is 0 Å². The van der Waals surface area contributed by atoms with Gasteiger partial charge in [-0.2, -0.15) is 0 Å². The van der Waals surface area contributed by atoms with Gasteiger partial charge >= 0.3 is 0 Å². The number of halogens is 2. The highest BCUT2D eigenvalue weighted by atomic mass is 19.2. The second-order valence-corrected chi connectivity index (χ2v) is 6.59.